The molecule has 0 spiro atoms. The fourth-order valence-corrected chi connectivity index (χ4v) is 3.26. The number of ether oxygens (including phenoxy) is 2. The van der Waals surface area contributed by atoms with Crippen LogP contribution in [0.5, 0.6) is 5.75 Å². The van der Waals surface area contributed by atoms with E-state index in [1.54, 1.807) is 12.4 Å². The van der Waals surface area contributed by atoms with Crippen molar-refractivity contribution in [2.45, 2.75) is 6.42 Å². The lowest BCUT2D eigenvalue weighted by Crippen LogP contribution is -2.37. The molecule has 27 heavy (non-hydrogen) atoms. The Hall–Kier alpha value is -2.70. The first-order valence-electron chi connectivity index (χ1n) is 9.21. The van der Waals surface area contributed by atoms with Crippen molar-refractivity contribution in [2.75, 3.05) is 39.5 Å². The molecule has 2 aromatic heterocycles. The quantitative estimate of drug-likeness (QED) is 0.494. The van der Waals surface area contributed by atoms with Crippen LogP contribution < -0.4 is 10.4 Å². The van der Waals surface area contributed by atoms with Gasteiger partial charge in [0.15, 0.2) is 0 Å². The summed E-state index contributed by atoms with van der Waals surface area (Å²) in [4.78, 5) is 18.5. The van der Waals surface area contributed by atoms with Crippen molar-refractivity contribution in [1.82, 2.24) is 9.88 Å². The van der Waals surface area contributed by atoms with Crippen molar-refractivity contribution in [2.24, 2.45) is 0 Å². The Morgan fingerprint density at radius 1 is 1.11 bits per heavy atom. The van der Waals surface area contributed by atoms with E-state index < -0.39 is 5.63 Å². The molecule has 6 nitrogen and oxygen atoms in total. The molecular formula is C21H22N2O4. The Morgan fingerprint density at radius 3 is 2.81 bits per heavy atom. The molecule has 0 atom stereocenters. The SMILES string of the molecule is O=c1cc(OCCCN2CCOCC2)c2ccc(-c3cccnc3)cc2o1. The average Bonchev–Trinajstić information content (AvgIpc) is 2.72. The maximum atomic E-state index is 12.0. The molecule has 1 aromatic carbocycles. The van der Waals surface area contributed by atoms with Crippen LogP contribution in [0.15, 0.2) is 58.0 Å². The molecule has 140 valence electrons. The minimum atomic E-state index is -0.408. The van der Waals surface area contributed by atoms with Gasteiger partial charge in [0.05, 0.1) is 31.3 Å². The van der Waals surface area contributed by atoms with Gasteiger partial charge in [-0.1, -0.05) is 12.1 Å². The second-order valence-corrected chi connectivity index (χ2v) is 6.54. The molecule has 0 bridgehead atoms. The normalized spacial score (nSPS) is 15.1. The highest BCUT2D eigenvalue weighted by molar-refractivity contribution is 5.87. The molecule has 1 aliphatic heterocycles. The largest absolute Gasteiger partial charge is 0.492 e. The molecule has 0 N–H and O–H groups in total. The maximum absolute atomic E-state index is 12.0. The van der Waals surface area contributed by atoms with Crippen LogP contribution in [-0.2, 0) is 4.74 Å². The highest BCUT2D eigenvalue weighted by atomic mass is 16.5. The van der Waals surface area contributed by atoms with Crippen molar-refractivity contribution >= 4 is 11.0 Å². The predicted octanol–water partition coefficient (Wildman–Crippen LogP) is 2.96. The molecule has 0 aliphatic carbocycles. The van der Waals surface area contributed by atoms with E-state index in [0.717, 1.165) is 55.8 Å². The van der Waals surface area contributed by atoms with E-state index in [0.29, 0.717) is 17.9 Å². The van der Waals surface area contributed by atoms with Crippen LogP contribution in [0, 0.1) is 0 Å². The van der Waals surface area contributed by atoms with Crippen molar-refractivity contribution < 1.29 is 13.9 Å². The van der Waals surface area contributed by atoms with Gasteiger partial charge in [0.1, 0.15) is 11.3 Å². The Balaban J connectivity index is 1.48. The molecule has 0 unspecified atom stereocenters. The number of benzene rings is 1. The van der Waals surface area contributed by atoms with Crippen LogP contribution in [0.2, 0.25) is 0 Å². The van der Waals surface area contributed by atoms with Crippen molar-refractivity contribution in [3.63, 3.8) is 0 Å². The lowest BCUT2D eigenvalue weighted by atomic mass is 10.1. The van der Waals surface area contributed by atoms with E-state index in [1.165, 1.54) is 6.07 Å². The van der Waals surface area contributed by atoms with Crippen LogP contribution in [0.4, 0.5) is 0 Å². The molecule has 1 fully saturated rings. The summed E-state index contributed by atoms with van der Waals surface area (Å²) in [5.74, 6) is 0.570. The summed E-state index contributed by atoms with van der Waals surface area (Å²) in [5.41, 5.74) is 2.03. The zero-order chi connectivity index (χ0) is 18.5. The van der Waals surface area contributed by atoms with Crippen molar-refractivity contribution in [3.8, 4) is 16.9 Å². The zero-order valence-corrected chi connectivity index (χ0v) is 15.1. The minimum Gasteiger partial charge on any atom is -0.492 e. The first kappa shape index (κ1) is 17.7. The Morgan fingerprint density at radius 2 is 2.00 bits per heavy atom. The molecule has 3 aromatic rings. The third-order valence-corrected chi connectivity index (χ3v) is 4.68. The number of rotatable bonds is 6. The molecular weight excluding hydrogens is 344 g/mol. The number of fused-ring (bicyclic) bond motifs is 1. The molecule has 0 amide bonds. The second-order valence-electron chi connectivity index (χ2n) is 6.54. The van der Waals surface area contributed by atoms with Gasteiger partial charge in [-0.2, -0.15) is 0 Å². The van der Waals surface area contributed by atoms with Gasteiger partial charge in [-0.25, -0.2) is 4.79 Å². The second kappa shape index (κ2) is 8.33. The summed E-state index contributed by atoms with van der Waals surface area (Å²) >= 11 is 0. The number of nitrogens with zero attached hydrogens (tertiary/aromatic N) is 2. The van der Waals surface area contributed by atoms with Crippen LogP contribution in [0.1, 0.15) is 6.42 Å². The van der Waals surface area contributed by atoms with Gasteiger partial charge in [-0.05, 0) is 30.2 Å². The van der Waals surface area contributed by atoms with E-state index in [1.807, 2.05) is 30.3 Å². The third-order valence-electron chi connectivity index (χ3n) is 4.68. The fraction of sp³-hybridized carbons (Fsp3) is 0.333. The van der Waals surface area contributed by atoms with Crippen LogP contribution in [0.3, 0.4) is 0 Å². The third kappa shape index (κ3) is 4.35. The molecule has 4 rings (SSSR count). The summed E-state index contributed by atoms with van der Waals surface area (Å²) in [6.45, 7) is 5.05. The van der Waals surface area contributed by atoms with Gasteiger partial charge in [0, 0.05) is 37.6 Å². The molecule has 6 heteroatoms. The van der Waals surface area contributed by atoms with Crippen LogP contribution in [0.25, 0.3) is 22.1 Å². The molecule has 0 saturated carbocycles. The molecule has 0 radical (unpaired) electrons. The van der Waals surface area contributed by atoms with E-state index in [4.69, 9.17) is 13.9 Å². The topological polar surface area (TPSA) is 64.8 Å². The van der Waals surface area contributed by atoms with Crippen molar-refractivity contribution in [3.05, 3.63) is 59.2 Å². The number of morpholine rings is 1. The highest BCUT2D eigenvalue weighted by Crippen LogP contribution is 2.28. The zero-order valence-electron chi connectivity index (χ0n) is 15.1. The van der Waals surface area contributed by atoms with Gasteiger partial charge in [-0.3, -0.25) is 9.88 Å². The lowest BCUT2D eigenvalue weighted by molar-refractivity contribution is 0.0358. The van der Waals surface area contributed by atoms with Gasteiger partial charge >= 0.3 is 5.63 Å². The summed E-state index contributed by atoms with van der Waals surface area (Å²) in [6.07, 6.45) is 4.41. The number of aromatic nitrogens is 1. The van der Waals surface area contributed by atoms with Gasteiger partial charge in [0.25, 0.3) is 0 Å². The van der Waals surface area contributed by atoms with Crippen LogP contribution >= 0.6 is 0 Å². The Kier molecular flexibility index (Phi) is 5.46. The predicted molar refractivity (Wildman–Crippen MR) is 103 cm³/mol. The monoisotopic (exact) mass is 366 g/mol. The lowest BCUT2D eigenvalue weighted by Gasteiger charge is -2.26. The first-order valence-corrected chi connectivity index (χ1v) is 9.21. The van der Waals surface area contributed by atoms with Gasteiger partial charge in [-0.15, -0.1) is 0 Å². The van der Waals surface area contributed by atoms with E-state index in [2.05, 4.69) is 9.88 Å². The van der Waals surface area contributed by atoms with Gasteiger partial charge < -0.3 is 13.9 Å². The van der Waals surface area contributed by atoms with Crippen molar-refractivity contribution in [1.29, 1.82) is 0 Å². The Labute approximate surface area is 157 Å². The highest BCUT2D eigenvalue weighted by Gasteiger charge is 2.11. The van der Waals surface area contributed by atoms with E-state index >= 15 is 0 Å². The fourth-order valence-electron chi connectivity index (χ4n) is 3.26. The summed E-state index contributed by atoms with van der Waals surface area (Å²) in [7, 11) is 0. The van der Waals surface area contributed by atoms with Crippen LogP contribution in [-0.4, -0.2) is 49.3 Å². The molecule has 3 heterocycles. The van der Waals surface area contributed by atoms with E-state index in [9.17, 15) is 4.79 Å². The standard InChI is InChI=1S/C21H22N2O4/c24-21-14-19(26-10-2-7-23-8-11-25-12-9-23)18-5-4-16(13-20(18)27-21)17-3-1-6-22-15-17/h1,3-6,13-15H,2,7-12H2. The summed E-state index contributed by atoms with van der Waals surface area (Å²) in [6, 6.07) is 11.0. The average molecular weight is 366 g/mol. The number of pyridine rings is 1. The van der Waals surface area contributed by atoms with E-state index in [-0.39, 0.29) is 0 Å². The maximum Gasteiger partial charge on any atom is 0.339 e. The molecule has 1 saturated heterocycles. The first-order chi connectivity index (χ1) is 13.3. The summed E-state index contributed by atoms with van der Waals surface area (Å²) < 4.78 is 16.7. The number of hydrogen-bond acceptors (Lipinski definition) is 6. The van der Waals surface area contributed by atoms with Gasteiger partial charge in [0.2, 0.25) is 0 Å². The smallest absolute Gasteiger partial charge is 0.339 e. The number of hydrogen-bond donors (Lipinski definition) is 0. The Bertz CT molecular complexity index is 949. The minimum absolute atomic E-state index is 0.408. The summed E-state index contributed by atoms with van der Waals surface area (Å²) in [5, 5.41) is 0.800. The molecule has 1 aliphatic rings.